The Labute approximate surface area is 139 Å². The summed E-state index contributed by atoms with van der Waals surface area (Å²) in [5.41, 5.74) is 0. The summed E-state index contributed by atoms with van der Waals surface area (Å²) in [5.74, 6) is -1.99. The summed E-state index contributed by atoms with van der Waals surface area (Å²) in [5, 5.41) is 15.5. The summed E-state index contributed by atoms with van der Waals surface area (Å²) in [6.07, 6.45) is 1.93. The molecule has 0 bridgehead atoms. The monoisotopic (exact) mass is 350 g/mol. The average molecular weight is 351 g/mol. The zero-order valence-corrected chi connectivity index (χ0v) is 13.4. The van der Waals surface area contributed by atoms with E-state index in [1.165, 1.54) is 6.07 Å². The maximum absolute atomic E-state index is 13.0. The highest BCUT2D eigenvalue weighted by Crippen LogP contribution is 2.15. The number of halogens is 3. The number of carbonyl (C=O) groups excluding carboxylic acids is 1. The molecule has 1 fully saturated rings. The molecule has 0 aromatic heterocycles. The van der Waals surface area contributed by atoms with Gasteiger partial charge in [0.25, 0.3) is 0 Å². The molecule has 1 aliphatic heterocycles. The third-order valence-corrected chi connectivity index (χ3v) is 3.47. The molecule has 130 valence electrons. The van der Waals surface area contributed by atoms with Gasteiger partial charge >= 0.3 is 0 Å². The minimum atomic E-state index is -1.01. The van der Waals surface area contributed by atoms with Gasteiger partial charge in [-0.1, -0.05) is 6.42 Å². The molecule has 1 aromatic carbocycles. The predicted octanol–water partition coefficient (Wildman–Crippen LogP) is 1.38. The van der Waals surface area contributed by atoms with E-state index in [1.807, 2.05) is 0 Å². The molecule has 1 aromatic rings. The highest BCUT2D eigenvalue weighted by molar-refractivity contribution is 5.85. The van der Waals surface area contributed by atoms with E-state index in [0.29, 0.717) is 0 Å². The maximum Gasteiger partial charge on any atom is 0.237 e. The highest BCUT2D eigenvalue weighted by atomic mass is 35.5. The summed E-state index contributed by atoms with van der Waals surface area (Å²) in [4.78, 5) is 11.8. The van der Waals surface area contributed by atoms with Gasteiger partial charge in [-0.25, -0.2) is 8.78 Å². The molecule has 0 saturated carbocycles. The smallest absolute Gasteiger partial charge is 0.237 e. The van der Waals surface area contributed by atoms with E-state index in [0.717, 1.165) is 37.9 Å². The Kier molecular flexibility index (Phi) is 8.22. The summed E-state index contributed by atoms with van der Waals surface area (Å²) in [7, 11) is 0. The summed E-state index contributed by atoms with van der Waals surface area (Å²) >= 11 is 0. The van der Waals surface area contributed by atoms with E-state index in [2.05, 4.69) is 10.6 Å². The molecule has 1 aliphatic rings. The van der Waals surface area contributed by atoms with E-state index >= 15 is 0 Å². The lowest BCUT2D eigenvalue weighted by Crippen LogP contribution is -2.48. The Bertz CT molecular complexity index is 513. The number of nitrogens with one attached hydrogen (secondary N) is 2. The lowest BCUT2D eigenvalue weighted by Gasteiger charge is -2.23. The van der Waals surface area contributed by atoms with Crippen molar-refractivity contribution in [3.63, 3.8) is 0 Å². The molecular weight excluding hydrogens is 330 g/mol. The van der Waals surface area contributed by atoms with Crippen LogP contribution in [0.1, 0.15) is 19.3 Å². The van der Waals surface area contributed by atoms with Crippen molar-refractivity contribution in [1.29, 1.82) is 0 Å². The number of benzene rings is 1. The van der Waals surface area contributed by atoms with Gasteiger partial charge in [0.1, 0.15) is 18.5 Å². The third-order valence-electron chi connectivity index (χ3n) is 3.47. The number of aliphatic hydroxyl groups is 1. The summed E-state index contributed by atoms with van der Waals surface area (Å²) in [6, 6.07) is 2.92. The number of piperidine rings is 1. The van der Waals surface area contributed by atoms with Crippen molar-refractivity contribution in [2.45, 2.75) is 31.4 Å². The van der Waals surface area contributed by atoms with Crippen molar-refractivity contribution in [1.82, 2.24) is 10.6 Å². The van der Waals surface area contributed by atoms with E-state index in [4.69, 9.17) is 4.74 Å². The topological polar surface area (TPSA) is 70.6 Å². The molecule has 1 saturated heterocycles. The zero-order chi connectivity index (χ0) is 15.9. The van der Waals surface area contributed by atoms with Gasteiger partial charge in [-0.3, -0.25) is 4.79 Å². The van der Waals surface area contributed by atoms with E-state index in [9.17, 15) is 18.7 Å². The number of hydrogen-bond acceptors (Lipinski definition) is 4. The molecule has 3 N–H and O–H groups in total. The van der Waals surface area contributed by atoms with E-state index in [-0.39, 0.29) is 43.3 Å². The van der Waals surface area contributed by atoms with Gasteiger partial charge in [-0.2, -0.15) is 0 Å². The van der Waals surface area contributed by atoms with Crippen molar-refractivity contribution >= 4 is 18.3 Å². The molecule has 0 radical (unpaired) electrons. The second-order valence-electron chi connectivity index (χ2n) is 5.29. The zero-order valence-electron chi connectivity index (χ0n) is 12.6. The van der Waals surface area contributed by atoms with Crippen molar-refractivity contribution in [2.24, 2.45) is 0 Å². The van der Waals surface area contributed by atoms with Crippen LogP contribution >= 0.6 is 12.4 Å². The standard InChI is InChI=1S/C15H20F2N2O3.ClH/c16-12-5-4-11(7-13(12)17)22-9-10(20)8-19-15(21)14-3-1-2-6-18-14;/h4-5,7,10,14,18,20H,1-3,6,8-9H2,(H,19,21);1H/t10?,14-;/m1./s1. The van der Waals surface area contributed by atoms with Crippen molar-refractivity contribution in [3.8, 4) is 5.75 Å². The largest absolute Gasteiger partial charge is 0.491 e. The number of rotatable bonds is 6. The van der Waals surface area contributed by atoms with E-state index < -0.39 is 17.7 Å². The molecule has 2 atom stereocenters. The van der Waals surface area contributed by atoms with Crippen molar-refractivity contribution < 1.29 is 23.4 Å². The molecule has 1 amide bonds. The van der Waals surface area contributed by atoms with Crippen LogP contribution in [0, 0.1) is 11.6 Å². The van der Waals surface area contributed by atoms with Gasteiger partial charge < -0.3 is 20.5 Å². The number of amides is 1. The Morgan fingerprint density at radius 2 is 2.17 bits per heavy atom. The number of aliphatic hydroxyl groups excluding tert-OH is 1. The van der Waals surface area contributed by atoms with Gasteiger partial charge in [0.2, 0.25) is 5.91 Å². The second kappa shape index (κ2) is 9.64. The lowest BCUT2D eigenvalue weighted by molar-refractivity contribution is -0.124. The molecule has 8 heteroatoms. The minimum Gasteiger partial charge on any atom is -0.491 e. The number of ether oxygens (including phenoxy) is 1. The Hall–Kier alpha value is -1.44. The fraction of sp³-hybridized carbons (Fsp3) is 0.533. The predicted molar refractivity (Wildman–Crippen MR) is 83.8 cm³/mol. The number of carbonyl (C=O) groups is 1. The number of hydrogen-bond donors (Lipinski definition) is 3. The van der Waals surface area contributed by atoms with Crippen LogP contribution in [0.25, 0.3) is 0 Å². The first-order chi connectivity index (χ1) is 10.6. The van der Waals surface area contributed by atoms with Crippen LogP contribution in [-0.2, 0) is 4.79 Å². The molecule has 5 nitrogen and oxygen atoms in total. The van der Waals surface area contributed by atoms with Crippen LogP contribution in [-0.4, -0.2) is 42.9 Å². The molecule has 0 aliphatic carbocycles. The van der Waals surface area contributed by atoms with Gasteiger partial charge in [-0.15, -0.1) is 12.4 Å². The fourth-order valence-corrected chi connectivity index (χ4v) is 2.24. The van der Waals surface area contributed by atoms with Crippen LogP contribution in [0.2, 0.25) is 0 Å². The lowest BCUT2D eigenvalue weighted by atomic mass is 10.0. The molecule has 23 heavy (non-hydrogen) atoms. The highest BCUT2D eigenvalue weighted by Gasteiger charge is 2.20. The van der Waals surface area contributed by atoms with E-state index in [1.54, 1.807) is 0 Å². The first-order valence-electron chi connectivity index (χ1n) is 7.33. The fourth-order valence-electron chi connectivity index (χ4n) is 2.24. The minimum absolute atomic E-state index is 0. The quantitative estimate of drug-likeness (QED) is 0.725. The van der Waals surface area contributed by atoms with Gasteiger partial charge in [0, 0.05) is 12.6 Å². The molecule has 0 spiro atoms. The Balaban J connectivity index is 0.00000264. The Morgan fingerprint density at radius 3 is 2.83 bits per heavy atom. The maximum atomic E-state index is 13.0. The second-order valence-corrected chi connectivity index (χ2v) is 5.29. The first-order valence-corrected chi connectivity index (χ1v) is 7.33. The molecular formula is C15H21ClF2N2O3. The van der Waals surface area contributed by atoms with Crippen LogP contribution in [0.15, 0.2) is 18.2 Å². The average Bonchev–Trinajstić information content (AvgIpc) is 2.54. The summed E-state index contributed by atoms with van der Waals surface area (Å²) < 4.78 is 30.9. The van der Waals surface area contributed by atoms with Crippen LogP contribution in [0.4, 0.5) is 8.78 Å². The van der Waals surface area contributed by atoms with Crippen molar-refractivity contribution in [2.75, 3.05) is 19.7 Å². The molecule has 1 unspecified atom stereocenters. The van der Waals surface area contributed by atoms with Crippen LogP contribution < -0.4 is 15.4 Å². The van der Waals surface area contributed by atoms with Crippen LogP contribution in [0.5, 0.6) is 5.75 Å². The Morgan fingerprint density at radius 1 is 1.39 bits per heavy atom. The van der Waals surface area contributed by atoms with Gasteiger partial charge in [-0.05, 0) is 31.5 Å². The van der Waals surface area contributed by atoms with Gasteiger partial charge in [0.15, 0.2) is 11.6 Å². The molecule has 2 rings (SSSR count). The first kappa shape index (κ1) is 19.6. The van der Waals surface area contributed by atoms with Crippen molar-refractivity contribution in [3.05, 3.63) is 29.8 Å². The SMILES string of the molecule is Cl.O=C(NCC(O)COc1ccc(F)c(F)c1)[C@H]1CCCCN1. The van der Waals surface area contributed by atoms with Gasteiger partial charge in [0.05, 0.1) is 6.04 Å². The molecule has 1 heterocycles. The summed E-state index contributed by atoms with van der Waals surface area (Å²) in [6.45, 7) is 0.740. The van der Waals surface area contributed by atoms with Crippen LogP contribution in [0.3, 0.4) is 0 Å². The third kappa shape index (κ3) is 6.29. The normalized spacial score (nSPS) is 18.7.